The Bertz CT molecular complexity index is 538. The molecule has 0 aliphatic carbocycles. The third-order valence-corrected chi connectivity index (χ3v) is 3.33. The van der Waals surface area contributed by atoms with Crippen molar-refractivity contribution in [3.63, 3.8) is 0 Å². The fourth-order valence-electron chi connectivity index (χ4n) is 1.52. The minimum Gasteiger partial charge on any atom is -0.391 e. The molecule has 1 rings (SSSR count). The van der Waals surface area contributed by atoms with Crippen LogP contribution in [0.3, 0.4) is 0 Å². The lowest BCUT2D eigenvalue weighted by Crippen LogP contribution is -2.43. The van der Waals surface area contributed by atoms with E-state index in [1.54, 1.807) is 25.1 Å². The first-order valence-electron chi connectivity index (χ1n) is 6.64. The Balaban J connectivity index is 2.57. The number of aryl methyl sites for hydroxylation is 1. The van der Waals surface area contributed by atoms with Crippen LogP contribution in [0.5, 0.6) is 0 Å². The molecule has 0 fully saturated rings. The molecule has 0 heterocycles. The molecule has 0 aliphatic rings. The highest BCUT2D eigenvalue weighted by Gasteiger charge is 2.24. The summed E-state index contributed by atoms with van der Waals surface area (Å²) in [6.45, 7) is 7.35. The van der Waals surface area contributed by atoms with Crippen LogP contribution in [0.1, 0.15) is 26.3 Å². The molecule has 0 saturated carbocycles. The van der Waals surface area contributed by atoms with Crippen LogP contribution >= 0.6 is 11.6 Å². The average molecular weight is 313 g/mol. The van der Waals surface area contributed by atoms with Crippen LogP contribution in [0, 0.1) is 12.3 Å². The molecule has 0 radical (unpaired) electrons. The van der Waals surface area contributed by atoms with Gasteiger partial charge in [-0.25, -0.2) is 0 Å². The van der Waals surface area contributed by atoms with Crippen molar-refractivity contribution >= 4 is 29.1 Å². The zero-order chi connectivity index (χ0) is 16.2. The van der Waals surface area contributed by atoms with Crippen molar-refractivity contribution in [1.29, 1.82) is 0 Å². The summed E-state index contributed by atoms with van der Waals surface area (Å²) in [7, 11) is 0. The minimum absolute atomic E-state index is 0.0232. The Labute approximate surface area is 129 Å². The third-order valence-electron chi connectivity index (χ3n) is 3.10. The SMILES string of the molecule is Cc1cc(Cl)ccc1NC(=O)C(=O)NCC(O)C(C)(C)C. The maximum atomic E-state index is 11.8. The monoisotopic (exact) mass is 312 g/mol. The largest absolute Gasteiger partial charge is 0.391 e. The first-order valence-corrected chi connectivity index (χ1v) is 7.02. The number of rotatable bonds is 3. The first-order chi connectivity index (χ1) is 9.61. The van der Waals surface area contributed by atoms with Gasteiger partial charge in [-0.2, -0.15) is 0 Å². The van der Waals surface area contributed by atoms with Gasteiger partial charge in [0.1, 0.15) is 0 Å². The standard InChI is InChI=1S/C15H21ClN2O3/c1-9-7-10(16)5-6-11(9)18-14(21)13(20)17-8-12(19)15(2,3)4/h5-7,12,19H,8H2,1-4H3,(H,17,20)(H,18,21). The van der Waals surface area contributed by atoms with Gasteiger partial charge in [-0.3, -0.25) is 9.59 Å². The van der Waals surface area contributed by atoms with E-state index in [0.29, 0.717) is 10.7 Å². The molecule has 1 atom stereocenters. The van der Waals surface area contributed by atoms with Gasteiger partial charge in [0.2, 0.25) is 0 Å². The number of nitrogens with one attached hydrogen (secondary N) is 2. The minimum atomic E-state index is -0.785. The van der Waals surface area contributed by atoms with Crippen molar-refractivity contribution in [3.05, 3.63) is 28.8 Å². The van der Waals surface area contributed by atoms with Gasteiger partial charge in [-0.1, -0.05) is 32.4 Å². The fraction of sp³-hybridized carbons (Fsp3) is 0.467. The number of amides is 2. The number of aliphatic hydroxyl groups excluding tert-OH is 1. The van der Waals surface area contributed by atoms with Gasteiger partial charge in [-0.05, 0) is 36.1 Å². The van der Waals surface area contributed by atoms with E-state index in [4.69, 9.17) is 11.6 Å². The molecule has 0 spiro atoms. The molecule has 0 bridgehead atoms. The second kappa shape index (κ2) is 6.91. The quantitative estimate of drug-likeness (QED) is 0.748. The Kier molecular flexibility index (Phi) is 5.75. The van der Waals surface area contributed by atoms with Crippen molar-refractivity contribution in [2.24, 2.45) is 5.41 Å². The summed E-state index contributed by atoms with van der Waals surface area (Å²) in [5.41, 5.74) is 0.922. The van der Waals surface area contributed by atoms with Gasteiger partial charge < -0.3 is 15.7 Å². The number of hydrogen-bond acceptors (Lipinski definition) is 3. The molecular formula is C15H21ClN2O3. The summed E-state index contributed by atoms with van der Waals surface area (Å²) in [6.07, 6.45) is -0.730. The number of anilines is 1. The van der Waals surface area contributed by atoms with Crippen molar-refractivity contribution in [3.8, 4) is 0 Å². The molecule has 0 saturated heterocycles. The van der Waals surface area contributed by atoms with E-state index in [1.807, 2.05) is 20.8 Å². The molecule has 3 N–H and O–H groups in total. The Morgan fingerprint density at radius 3 is 2.43 bits per heavy atom. The summed E-state index contributed by atoms with van der Waals surface area (Å²) in [6, 6.07) is 4.96. The van der Waals surface area contributed by atoms with Crippen LogP contribution in [-0.2, 0) is 9.59 Å². The predicted octanol–water partition coefficient (Wildman–Crippen LogP) is 2.11. The molecule has 116 valence electrons. The molecule has 1 aromatic carbocycles. The molecule has 0 aliphatic heterocycles. The number of hydrogen-bond donors (Lipinski definition) is 3. The van der Waals surface area contributed by atoms with Crippen LogP contribution in [0.15, 0.2) is 18.2 Å². The number of aliphatic hydroxyl groups is 1. The van der Waals surface area contributed by atoms with E-state index in [2.05, 4.69) is 10.6 Å². The van der Waals surface area contributed by atoms with E-state index in [1.165, 1.54) is 0 Å². The summed E-state index contributed by atoms with van der Waals surface area (Å²) < 4.78 is 0. The molecule has 6 heteroatoms. The lowest BCUT2D eigenvalue weighted by molar-refractivity contribution is -0.136. The molecule has 5 nitrogen and oxygen atoms in total. The molecular weight excluding hydrogens is 292 g/mol. The number of carbonyl (C=O) groups excluding carboxylic acids is 2. The van der Waals surface area contributed by atoms with Crippen LogP contribution in [-0.4, -0.2) is 29.6 Å². The van der Waals surface area contributed by atoms with Crippen molar-refractivity contribution in [2.75, 3.05) is 11.9 Å². The van der Waals surface area contributed by atoms with E-state index < -0.39 is 17.9 Å². The van der Waals surface area contributed by atoms with Gasteiger partial charge in [0.25, 0.3) is 0 Å². The molecule has 0 aromatic heterocycles. The Hall–Kier alpha value is -1.59. The van der Waals surface area contributed by atoms with Gasteiger partial charge in [0.05, 0.1) is 6.10 Å². The molecule has 21 heavy (non-hydrogen) atoms. The zero-order valence-electron chi connectivity index (χ0n) is 12.7. The zero-order valence-corrected chi connectivity index (χ0v) is 13.4. The van der Waals surface area contributed by atoms with Crippen molar-refractivity contribution in [1.82, 2.24) is 5.32 Å². The number of halogens is 1. The highest BCUT2D eigenvalue weighted by atomic mass is 35.5. The van der Waals surface area contributed by atoms with Gasteiger partial charge >= 0.3 is 11.8 Å². The highest BCUT2D eigenvalue weighted by molar-refractivity contribution is 6.39. The summed E-state index contributed by atoms with van der Waals surface area (Å²) in [5.74, 6) is -1.56. The fourth-order valence-corrected chi connectivity index (χ4v) is 1.75. The summed E-state index contributed by atoms with van der Waals surface area (Å²) in [4.78, 5) is 23.5. The molecule has 1 aromatic rings. The topological polar surface area (TPSA) is 78.4 Å². The highest BCUT2D eigenvalue weighted by Crippen LogP contribution is 2.20. The maximum Gasteiger partial charge on any atom is 0.313 e. The van der Waals surface area contributed by atoms with E-state index in [0.717, 1.165) is 5.56 Å². The second-order valence-electron chi connectivity index (χ2n) is 6.01. The third kappa shape index (κ3) is 5.36. The van der Waals surface area contributed by atoms with Crippen LogP contribution in [0.4, 0.5) is 5.69 Å². The molecule has 1 unspecified atom stereocenters. The maximum absolute atomic E-state index is 11.8. The summed E-state index contributed by atoms with van der Waals surface area (Å²) >= 11 is 5.82. The van der Waals surface area contributed by atoms with Gasteiger partial charge in [0.15, 0.2) is 0 Å². The van der Waals surface area contributed by atoms with Gasteiger partial charge in [-0.15, -0.1) is 0 Å². The van der Waals surface area contributed by atoms with Gasteiger partial charge in [0, 0.05) is 17.3 Å². The van der Waals surface area contributed by atoms with E-state index in [9.17, 15) is 14.7 Å². The van der Waals surface area contributed by atoms with Crippen LogP contribution < -0.4 is 10.6 Å². The van der Waals surface area contributed by atoms with Crippen LogP contribution in [0.25, 0.3) is 0 Å². The average Bonchev–Trinajstić information content (AvgIpc) is 2.37. The van der Waals surface area contributed by atoms with Crippen LogP contribution in [0.2, 0.25) is 5.02 Å². The van der Waals surface area contributed by atoms with E-state index in [-0.39, 0.29) is 12.0 Å². The lowest BCUT2D eigenvalue weighted by Gasteiger charge is -2.25. The molecule has 2 amide bonds. The Morgan fingerprint density at radius 1 is 1.29 bits per heavy atom. The predicted molar refractivity (Wildman–Crippen MR) is 83.3 cm³/mol. The smallest absolute Gasteiger partial charge is 0.313 e. The lowest BCUT2D eigenvalue weighted by atomic mass is 9.89. The second-order valence-corrected chi connectivity index (χ2v) is 6.44. The summed E-state index contributed by atoms with van der Waals surface area (Å²) in [5, 5.41) is 15.3. The van der Waals surface area contributed by atoms with Crippen molar-refractivity contribution < 1.29 is 14.7 Å². The number of carbonyl (C=O) groups is 2. The first kappa shape index (κ1) is 17.5. The number of benzene rings is 1. The van der Waals surface area contributed by atoms with Crippen molar-refractivity contribution in [2.45, 2.75) is 33.8 Å². The van der Waals surface area contributed by atoms with E-state index >= 15 is 0 Å². The normalized spacial score (nSPS) is 12.7. The Morgan fingerprint density at radius 2 is 1.90 bits per heavy atom.